The second-order valence-corrected chi connectivity index (χ2v) is 4.93. The minimum Gasteiger partial charge on any atom is -0.508 e. The van der Waals surface area contributed by atoms with Crippen LogP contribution in [0, 0.1) is 12.7 Å². The van der Waals surface area contributed by atoms with Gasteiger partial charge in [-0.05, 0) is 61.7 Å². The van der Waals surface area contributed by atoms with Gasteiger partial charge in [0.2, 0.25) is 0 Å². The molecular weight excluding hydrogens is 241 g/mol. The lowest BCUT2D eigenvalue weighted by Crippen LogP contribution is -2.18. The monoisotopic (exact) mass is 259 g/mol. The normalized spacial score (nSPS) is 12.2. The van der Waals surface area contributed by atoms with Crippen molar-refractivity contribution in [3.8, 4) is 5.75 Å². The molecule has 3 heteroatoms. The van der Waals surface area contributed by atoms with Gasteiger partial charge in [-0.15, -0.1) is 0 Å². The zero-order chi connectivity index (χ0) is 13.8. The van der Waals surface area contributed by atoms with E-state index in [0.29, 0.717) is 0 Å². The van der Waals surface area contributed by atoms with Crippen molar-refractivity contribution in [1.82, 2.24) is 0 Å². The van der Waals surface area contributed by atoms with E-state index in [9.17, 15) is 9.50 Å². The topological polar surface area (TPSA) is 32.3 Å². The summed E-state index contributed by atoms with van der Waals surface area (Å²) in [7, 11) is 0. The van der Waals surface area contributed by atoms with Crippen molar-refractivity contribution in [1.29, 1.82) is 0 Å². The maximum Gasteiger partial charge on any atom is 0.125 e. The first-order chi connectivity index (χ1) is 9.02. The number of aromatic hydroxyl groups is 1. The predicted octanol–water partition coefficient (Wildman–Crippen LogP) is 3.88. The van der Waals surface area contributed by atoms with Gasteiger partial charge in [-0.25, -0.2) is 4.39 Å². The Morgan fingerprint density at radius 2 is 1.84 bits per heavy atom. The molecule has 0 aliphatic rings. The van der Waals surface area contributed by atoms with Crippen molar-refractivity contribution in [3.63, 3.8) is 0 Å². The van der Waals surface area contributed by atoms with E-state index < -0.39 is 0 Å². The summed E-state index contributed by atoms with van der Waals surface area (Å²) in [6.07, 6.45) is 0.815. The van der Waals surface area contributed by atoms with Gasteiger partial charge in [-0.3, -0.25) is 0 Å². The number of anilines is 1. The second kappa shape index (κ2) is 5.74. The molecule has 100 valence electrons. The van der Waals surface area contributed by atoms with Crippen molar-refractivity contribution in [2.75, 3.05) is 5.32 Å². The molecule has 0 amide bonds. The molecule has 0 radical (unpaired) electrons. The van der Waals surface area contributed by atoms with E-state index in [4.69, 9.17) is 0 Å². The van der Waals surface area contributed by atoms with E-state index in [1.165, 1.54) is 12.1 Å². The zero-order valence-electron chi connectivity index (χ0n) is 11.2. The van der Waals surface area contributed by atoms with E-state index >= 15 is 0 Å². The van der Waals surface area contributed by atoms with Crippen molar-refractivity contribution in [2.45, 2.75) is 26.3 Å². The fourth-order valence-electron chi connectivity index (χ4n) is 2.14. The number of phenolic OH excluding ortho intramolecular Hbond substituents is 1. The predicted molar refractivity (Wildman–Crippen MR) is 76.0 cm³/mol. The molecule has 2 N–H and O–H groups in total. The molecule has 0 spiro atoms. The maximum absolute atomic E-state index is 13.3. The molecule has 2 nitrogen and oxygen atoms in total. The third-order valence-electron chi connectivity index (χ3n) is 2.93. The molecule has 0 bridgehead atoms. The lowest BCUT2D eigenvalue weighted by atomic mass is 10.1. The highest BCUT2D eigenvalue weighted by atomic mass is 19.1. The summed E-state index contributed by atoms with van der Waals surface area (Å²) < 4.78 is 13.3. The van der Waals surface area contributed by atoms with E-state index in [1.807, 2.05) is 32.0 Å². The molecule has 2 aromatic rings. The first-order valence-corrected chi connectivity index (χ1v) is 6.34. The highest BCUT2D eigenvalue weighted by Gasteiger charge is 2.05. The van der Waals surface area contributed by atoms with Crippen LogP contribution in [0.15, 0.2) is 42.5 Å². The van der Waals surface area contributed by atoms with Crippen LogP contribution in [-0.4, -0.2) is 11.1 Å². The van der Waals surface area contributed by atoms with Crippen LogP contribution in [0.3, 0.4) is 0 Å². The number of benzene rings is 2. The van der Waals surface area contributed by atoms with Crippen molar-refractivity contribution >= 4 is 5.69 Å². The molecule has 0 fully saturated rings. The molecule has 0 saturated carbocycles. The average Bonchev–Trinajstić information content (AvgIpc) is 2.30. The lowest BCUT2D eigenvalue weighted by Gasteiger charge is -2.16. The summed E-state index contributed by atoms with van der Waals surface area (Å²) >= 11 is 0. The van der Waals surface area contributed by atoms with Crippen LogP contribution in [0.4, 0.5) is 10.1 Å². The highest BCUT2D eigenvalue weighted by Crippen LogP contribution is 2.16. The van der Waals surface area contributed by atoms with Crippen LogP contribution in [0.5, 0.6) is 5.75 Å². The Kier molecular flexibility index (Phi) is 4.05. The molecule has 19 heavy (non-hydrogen) atoms. The van der Waals surface area contributed by atoms with Crippen molar-refractivity contribution in [2.24, 2.45) is 0 Å². The van der Waals surface area contributed by atoms with Crippen LogP contribution in [-0.2, 0) is 6.42 Å². The van der Waals surface area contributed by atoms with Crippen molar-refractivity contribution in [3.05, 3.63) is 59.4 Å². The molecule has 0 aromatic heterocycles. The number of hydrogen-bond acceptors (Lipinski definition) is 2. The van der Waals surface area contributed by atoms with Crippen LogP contribution in [0.25, 0.3) is 0 Å². The number of aryl methyl sites for hydroxylation is 1. The highest BCUT2D eigenvalue weighted by molar-refractivity contribution is 5.47. The molecule has 0 aliphatic carbocycles. The third kappa shape index (κ3) is 3.98. The molecule has 2 rings (SSSR count). The minimum absolute atomic E-state index is 0.186. The molecular formula is C16H18FNO. The molecule has 1 unspecified atom stereocenters. The Balaban J connectivity index is 2.00. The summed E-state index contributed by atoms with van der Waals surface area (Å²) in [6.45, 7) is 3.92. The van der Waals surface area contributed by atoms with E-state index in [1.54, 1.807) is 12.1 Å². The Labute approximate surface area is 112 Å². The quantitative estimate of drug-likeness (QED) is 0.873. The Morgan fingerprint density at radius 3 is 2.47 bits per heavy atom. The molecule has 1 atom stereocenters. The number of hydrogen-bond donors (Lipinski definition) is 2. The largest absolute Gasteiger partial charge is 0.508 e. The Hall–Kier alpha value is -2.03. The molecule has 0 saturated heterocycles. The van der Waals surface area contributed by atoms with E-state index in [2.05, 4.69) is 5.32 Å². The number of halogens is 1. The van der Waals surface area contributed by atoms with Gasteiger partial charge in [0, 0.05) is 11.7 Å². The zero-order valence-corrected chi connectivity index (χ0v) is 11.2. The summed E-state index contributed by atoms with van der Waals surface area (Å²) in [5.74, 6) is 0.0458. The molecule has 0 aliphatic heterocycles. The van der Waals surface area contributed by atoms with Gasteiger partial charge in [0.25, 0.3) is 0 Å². The second-order valence-electron chi connectivity index (χ2n) is 4.93. The number of phenols is 1. The van der Waals surface area contributed by atoms with Gasteiger partial charge in [0.1, 0.15) is 11.6 Å². The molecule has 0 heterocycles. The van der Waals surface area contributed by atoms with Crippen LogP contribution in [0.1, 0.15) is 18.1 Å². The summed E-state index contributed by atoms with van der Waals surface area (Å²) in [4.78, 5) is 0. The van der Waals surface area contributed by atoms with E-state index in [-0.39, 0.29) is 17.6 Å². The SMILES string of the molecule is Cc1cc(F)cc(NC(C)Cc2ccc(O)cc2)c1. The number of nitrogens with one attached hydrogen (secondary N) is 1. The first kappa shape index (κ1) is 13.4. The smallest absolute Gasteiger partial charge is 0.125 e. The Morgan fingerprint density at radius 1 is 1.16 bits per heavy atom. The van der Waals surface area contributed by atoms with Gasteiger partial charge in [-0.2, -0.15) is 0 Å². The van der Waals surface area contributed by atoms with E-state index in [0.717, 1.165) is 23.2 Å². The Bertz CT molecular complexity index is 531. The van der Waals surface area contributed by atoms with Gasteiger partial charge in [0.15, 0.2) is 0 Å². The standard InChI is InChI=1S/C16H18FNO/c1-11-7-14(17)10-15(8-11)18-12(2)9-13-3-5-16(19)6-4-13/h3-8,10,12,18-19H,9H2,1-2H3. The van der Waals surface area contributed by atoms with Crippen LogP contribution in [0.2, 0.25) is 0 Å². The summed E-state index contributed by atoms with van der Waals surface area (Å²) in [6, 6.07) is 12.3. The van der Waals surface area contributed by atoms with Gasteiger partial charge in [0.05, 0.1) is 0 Å². The number of rotatable bonds is 4. The van der Waals surface area contributed by atoms with Crippen molar-refractivity contribution < 1.29 is 9.50 Å². The fourth-order valence-corrected chi connectivity index (χ4v) is 2.14. The molecule has 2 aromatic carbocycles. The summed E-state index contributed by atoms with van der Waals surface area (Å²) in [5, 5.41) is 12.5. The van der Waals surface area contributed by atoms with Crippen LogP contribution < -0.4 is 5.32 Å². The maximum atomic E-state index is 13.3. The summed E-state index contributed by atoms with van der Waals surface area (Å²) in [5.41, 5.74) is 2.83. The fraction of sp³-hybridized carbons (Fsp3) is 0.250. The van der Waals surface area contributed by atoms with Gasteiger partial charge < -0.3 is 10.4 Å². The minimum atomic E-state index is -0.223. The lowest BCUT2D eigenvalue weighted by molar-refractivity contribution is 0.475. The van der Waals surface area contributed by atoms with Gasteiger partial charge in [-0.1, -0.05) is 12.1 Å². The first-order valence-electron chi connectivity index (χ1n) is 6.34. The van der Waals surface area contributed by atoms with Gasteiger partial charge >= 0.3 is 0 Å². The van der Waals surface area contributed by atoms with Crippen LogP contribution >= 0.6 is 0 Å². The average molecular weight is 259 g/mol. The third-order valence-corrected chi connectivity index (χ3v) is 2.93.